The fraction of sp³-hybridized carbons (Fsp3) is 0.333. The van der Waals surface area contributed by atoms with Gasteiger partial charge < -0.3 is 15.6 Å². The van der Waals surface area contributed by atoms with Crippen LogP contribution in [0.3, 0.4) is 0 Å². The zero-order valence-electron chi connectivity index (χ0n) is 7.36. The van der Waals surface area contributed by atoms with Crippen molar-refractivity contribution in [1.29, 1.82) is 0 Å². The Morgan fingerprint density at radius 2 is 2.00 bits per heavy atom. The highest BCUT2D eigenvalue weighted by Gasteiger charge is 2.24. The number of nitrogens with two attached hydrogens (primary N) is 1. The average molecular weight is 179 g/mol. The number of hydrogen-bond acceptors (Lipinski definition) is 3. The van der Waals surface area contributed by atoms with E-state index in [0.717, 1.165) is 12.2 Å². The summed E-state index contributed by atoms with van der Waals surface area (Å²) in [6.07, 6.45) is 0. The van der Waals surface area contributed by atoms with Crippen molar-refractivity contribution in [3.8, 4) is 0 Å². The largest absolute Gasteiger partial charge is 0.626 e. The van der Waals surface area contributed by atoms with Gasteiger partial charge in [0.15, 0.2) is 0 Å². The molecule has 0 spiro atoms. The van der Waals surface area contributed by atoms with E-state index in [2.05, 4.69) is 5.32 Å². The molecule has 1 aliphatic heterocycles. The normalized spacial score (nSPS) is 27.8. The fourth-order valence-corrected chi connectivity index (χ4v) is 1.56. The molecule has 2 rings (SSSR count). The Hall–Kier alpha value is -1.10. The van der Waals surface area contributed by atoms with Gasteiger partial charge in [-0.3, -0.25) is 5.32 Å². The molecule has 1 atom stereocenters. The van der Waals surface area contributed by atoms with Crippen LogP contribution in [0.1, 0.15) is 0 Å². The molecule has 4 heteroatoms. The Morgan fingerprint density at radius 3 is 2.54 bits per heavy atom. The van der Waals surface area contributed by atoms with Gasteiger partial charge in [-0.05, 0) is 12.1 Å². The minimum atomic E-state index is -0.278. The summed E-state index contributed by atoms with van der Waals surface area (Å²) in [6.45, 7) is 1.85. The Morgan fingerprint density at radius 1 is 1.31 bits per heavy atom. The molecule has 1 unspecified atom stereocenters. The number of hydroxylamine groups is 2. The number of rotatable bonds is 1. The van der Waals surface area contributed by atoms with Gasteiger partial charge >= 0.3 is 0 Å². The third-order valence-electron chi connectivity index (χ3n) is 2.38. The summed E-state index contributed by atoms with van der Waals surface area (Å²) < 4.78 is -0.278. The number of hydrogen-bond donors (Lipinski definition) is 2. The van der Waals surface area contributed by atoms with Crippen LogP contribution in [0.15, 0.2) is 24.3 Å². The van der Waals surface area contributed by atoms with Gasteiger partial charge in [0.2, 0.25) is 0 Å². The second kappa shape index (κ2) is 2.99. The van der Waals surface area contributed by atoms with Crippen molar-refractivity contribution in [2.45, 2.75) is 0 Å². The fourth-order valence-electron chi connectivity index (χ4n) is 1.56. The molecule has 1 fully saturated rings. The van der Waals surface area contributed by atoms with Crippen LogP contribution in [-0.4, -0.2) is 19.8 Å². The van der Waals surface area contributed by atoms with Crippen LogP contribution in [-0.2, 0) is 0 Å². The highest BCUT2D eigenvalue weighted by molar-refractivity contribution is 5.51. The first-order chi connectivity index (χ1) is 6.21. The summed E-state index contributed by atoms with van der Waals surface area (Å²) >= 11 is 0. The molecule has 1 heterocycles. The minimum Gasteiger partial charge on any atom is -0.626 e. The molecule has 13 heavy (non-hydrogen) atoms. The van der Waals surface area contributed by atoms with Gasteiger partial charge in [-0.1, -0.05) is 0 Å². The molecule has 1 aliphatic rings. The van der Waals surface area contributed by atoms with E-state index < -0.39 is 0 Å². The first kappa shape index (κ1) is 8.50. The number of benzene rings is 1. The molecule has 1 aromatic rings. The molecule has 0 aliphatic carbocycles. The lowest BCUT2D eigenvalue weighted by Gasteiger charge is -2.36. The van der Waals surface area contributed by atoms with Crippen molar-refractivity contribution >= 4 is 11.4 Å². The number of nitrogens with one attached hydrogen (secondary N) is 1. The van der Waals surface area contributed by atoms with Crippen LogP contribution in [0, 0.1) is 5.21 Å². The molecule has 0 amide bonds. The summed E-state index contributed by atoms with van der Waals surface area (Å²) in [5, 5.41) is 15.1. The highest BCUT2D eigenvalue weighted by Crippen LogP contribution is 2.23. The molecule has 0 radical (unpaired) electrons. The Bertz CT molecular complexity index is 290. The van der Waals surface area contributed by atoms with Crippen molar-refractivity contribution < 1.29 is 0 Å². The minimum absolute atomic E-state index is 0.278. The number of quaternary nitrogens is 1. The van der Waals surface area contributed by atoms with E-state index in [1.165, 1.54) is 0 Å². The first-order valence-electron chi connectivity index (χ1n) is 4.36. The Labute approximate surface area is 77.1 Å². The molecule has 1 aromatic carbocycles. The lowest BCUT2D eigenvalue weighted by Crippen LogP contribution is -2.41. The van der Waals surface area contributed by atoms with Gasteiger partial charge in [0, 0.05) is 17.8 Å². The summed E-state index contributed by atoms with van der Waals surface area (Å²) in [5.74, 6) is 0. The van der Waals surface area contributed by atoms with Crippen LogP contribution in [0.5, 0.6) is 0 Å². The summed E-state index contributed by atoms with van der Waals surface area (Å²) in [5.41, 5.74) is 7.02. The number of nitrogen functional groups attached to an aromatic ring is 1. The van der Waals surface area contributed by atoms with E-state index in [0.29, 0.717) is 18.9 Å². The van der Waals surface area contributed by atoms with Crippen molar-refractivity contribution in [3.05, 3.63) is 29.5 Å². The molecule has 70 valence electrons. The summed E-state index contributed by atoms with van der Waals surface area (Å²) in [7, 11) is 0. The van der Waals surface area contributed by atoms with Crippen LogP contribution >= 0.6 is 0 Å². The van der Waals surface area contributed by atoms with Gasteiger partial charge in [0.1, 0.15) is 12.4 Å². The van der Waals surface area contributed by atoms with Gasteiger partial charge in [-0.2, -0.15) is 0 Å². The maximum atomic E-state index is 12.0. The predicted octanol–water partition coefficient (Wildman–Crippen LogP) is 0.635. The van der Waals surface area contributed by atoms with Crippen molar-refractivity contribution in [2.75, 3.05) is 25.5 Å². The Balaban J connectivity index is 2.29. The summed E-state index contributed by atoms with van der Waals surface area (Å²) in [4.78, 5) is 0. The smallest absolute Gasteiger partial charge is 0.137 e. The van der Waals surface area contributed by atoms with Crippen molar-refractivity contribution in [2.24, 2.45) is 0 Å². The van der Waals surface area contributed by atoms with E-state index in [-0.39, 0.29) is 4.65 Å². The molecule has 0 bridgehead atoms. The summed E-state index contributed by atoms with van der Waals surface area (Å²) in [6, 6.07) is 7.14. The number of anilines is 1. The molecular formula is C9H13N3O. The lowest BCUT2D eigenvalue weighted by atomic mass is 10.2. The predicted molar refractivity (Wildman–Crippen MR) is 53.8 cm³/mol. The maximum Gasteiger partial charge on any atom is 0.137 e. The van der Waals surface area contributed by atoms with E-state index in [1.54, 1.807) is 24.3 Å². The molecular weight excluding hydrogens is 166 g/mol. The molecule has 3 N–H and O–H groups in total. The topological polar surface area (TPSA) is 61.1 Å². The van der Waals surface area contributed by atoms with Gasteiger partial charge in [0.25, 0.3) is 0 Å². The standard InChI is InChI=1S/C9H13N3O/c10-8-1-3-9(4-2-8)12(13)6-5-11-7-12/h1-4,11H,5-7,10H2. The number of nitrogens with zero attached hydrogens (tertiary/aromatic N) is 1. The van der Waals surface area contributed by atoms with Crippen LogP contribution in [0.2, 0.25) is 0 Å². The van der Waals surface area contributed by atoms with Crippen LogP contribution in [0.4, 0.5) is 11.4 Å². The van der Waals surface area contributed by atoms with Crippen LogP contribution < -0.4 is 15.7 Å². The second-order valence-corrected chi connectivity index (χ2v) is 3.36. The van der Waals surface area contributed by atoms with Gasteiger partial charge in [0.05, 0.1) is 13.1 Å². The highest BCUT2D eigenvalue weighted by atomic mass is 16.6. The zero-order chi connectivity index (χ0) is 9.31. The van der Waals surface area contributed by atoms with E-state index in [1.807, 2.05) is 0 Å². The molecule has 0 aromatic heterocycles. The maximum absolute atomic E-state index is 12.0. The first-order valence-corrected chi connectivity index (χ1v) is 4.36. The van der Waals surface area contributed by atoms with Gasteiger partial charge in [-0.25, -0.2) is 0 Å². The monoisotopic (exact) mass is 179 g/mol. The molecule has 4 nitrogen and oxygen atoms in total. The van der Waals surface area contributed by atoms with E-state index in [4.69, 9.17) is 5.73 Å². The quantitative estimate of drug-likeness (QED) is 0.377. The third-order valence-corrected chi connectivity index (χ3v) is 2.38. The van der Waals surface area contributed by atoms with Crippen LogP contribution in [0.25, 0.3) is 0 Å². The molecule has 0 saturated carbocycles. The average Bonchev–Trinajstić information content (AvgIpc) is 2.54. The second-order valence-electron chi connectivity index (χ2n) is 3.36. The Kier molecular flexibility index (Phi) is 1.95. The third kappa shape index (κ3) is 1.51. The van der Waals surface area contributed by atoms with Crippen molar-refractivity contribution in [3.63, 3.8) is 0 Å². The zero-order valence-corrected chi connectivity index (χ0v) is 7.36. The van der Waals surface area contributed by atoms with E-state index in [9.17, 15) is 5.21 Å². The molecule has 1 saturated heterocycles. The lowest BCUT2D eigenvalue weighted by molar-refractivity contribution is 0.449. The SMILES string of the molecule is Nc1ccc([N+]2([O-])CCNC2)cc1. The van der Waals surface area contributed by atoms with Gasteiger partial charge in [-0.15, -0.1) is 0 Å². The van der Waals surface area contributed by atoms with E-state index >= 15 is 0 Å². The van der Waals surface area contributed by atoms with Crippen molar-refractivity contribution in [1.82, 2.24) is 9.96 Å².